The minimum Gasteiger partial charge on any atom is -0.381 e. The first kappa shape index (κ1) is 13.0. The number of nitrogens with two attached hydrogens (primary N) is 1. The van der Waals surface area contributed by atoms with E-state index in [1.165, 1.54) is 4.88 Å². The highest BCUT2D eigenvalue weighted by Crippen LogP contribution is 2.26. The lowest BCUT2D eigenvalue weighted by Gasteiger charge is -2.38. The highest BCUT2D eigenvalue weighted by atomic mass is 32.1. The summed E-state index contributed by atoms with van der Waals surface area (Å²) < 4.78 is 5.38. The topological polar surface area (TPSA) is 38.5 Å². The number of nitrogens with zero attached hydrogens (tertiary/aromatic N) is 1. The molecule has 1 unspecified atom stereocenters. The number of ether oxygens (including phenoxy) is 1. The van der Waals surface area contributed by atoms with E-state index in [-0.39, 0.29) is 5.54 Å². The minimum absolute atomic E-state index is 0.0709. The zero-order valence-corrected chi connectivity index (χ0v) is 11.5. The van der Waals surface area contributed by atoms with Gasteiger partial charge in [-0.3, -0.25) is 4.90 Å². The Labute approximate surface area is 108 Å². The Hall–Kier alpha value is -0.420. The van der Waals surface area contributed by atoms with Gasteiger partial charge in [-0.2, -0.15) is 0 Å². The van der Waals surface area contributed by atoms with E-state index in [4.69, 9.17) is 10.5 Å². The maximum atomic E-state index is 6.43. The van der Waals surface area contributed by atoms with Gasteiger partial charge in [-0.05, 0) is 38.3 Å². The van der Waals surface area contributed by atoms with Crippen LogP contribution in [0.25, 0.3) is 0 Å². The van der Waals surface area contributed by atoms with Crippen LogP contribution in [0.2, 0.25) is 0 Å². The first-order valence-electron chi connectivity index (χ1n) is 6.21. The largest absolute Gasteiger partial charge is 0.381 e. The Morgan fingerprint density at radius 3 is 2.82 bits per heavy atom. The Morgan fingerprint density at radius 2 is 2.24 bits per heavy atom. The van der Waals surface area contributed by atoms with Crippen molar-refractivity contribution in [3.05, 3.63) is 22.4 Å². The van der Waals surface area contributed by atoms with Crippen molar-refractivity contribution >= 4 is 11.3 Å². The molecule has 0 aliphatic carbocycles. The van der Waals surface area contributed by atoms with Crippen LogP contribution >= 0.6 is 11.3 Å². The summed E-state index contributed by atoms with van der Waals surface area (Å²) in [5.41, 5.74) is 6.36. The summed E-state index contributed by atoms with van der Waals surface area (Å²) in [6, 6.07) is 4.74. The molecule has 0 bridgehead atoms. The van der Waals surface area contributed by atoms with E-state index in [1.807, 2.05) is 11.3 Å². The molecule has 1 saturated heterocycles. The zero-order valence-electron chi connectivity index (χ0n) is 10.7. The van der Waals surface area contributed by atoms with Crippen molar-refractivity contribution in [2.75, 3.05) is 26.8 Å². The molecule has 1 atom stereocenters. The molecule has 0 spiro atoms. The van der Waals surface area contributed by atoms with E-state index in [9.17, 15) is 0 Å². The molecule has 0 aromatic carbocycles. The molecule has 1 aromatic heterocycles. The standard InChI is InChI=1S/C13H22N2OS/c1-11(12-4-3-9-17-12)15(2)10-13(14)5-7-16-8-6-13/h3-4,9,11H,5-8,10,14H2,1-2H3. The lowest BCUT2D eigenvalue weighted by molar-refractivity contribution is 0.0366. The summed E-state index contributed by atoms with van der Waals surface area (Å²) in [7, 11) is 2.16. The molecule has 0 radical (unpaired) electrons. The van der Waals surface area contributed by atoms with Crippen LogP contribution in [0.15, 0.2) is 17.5 Å². The number of thiophene rings is 1. The van der Waals surface area contributed by atoms with Gasteiger partial charge >= 0.3 is 0 Å². The van der Waals surface area contributed by atoms with Gasteiger partial charge < -0.3 is 10.5 Å². The van der Waals surface area contributed by atoms with Gasteiger partial charge in [0, 0.05) is 36.2 Å². The predicted molar refractivity (Wildman–Crippen MR) is 72.3 cm³/mol. The molecule has 2 heterocycles. The van der Waals surface area contributed by atoms with Gasteiger partial charge in [0.15, 0.2) is 0 Å². The van der Waals surface area contributed by atoms with Crippen molar-refractivity contribution in [1.82, 2.24) is 4.90 Å². The molecule has 2 rings (SSSR count). The van der Waals surface area contributed by atoms with Crippen LogP contribution in [0.1, 0.15) is 30.7 Å². The molecule has 0 saturated carbocycles. The van der Waals surface area contributed by atoms with Crippen LogP contribution < -0.4 is 5.73 Å². The lowest BCUT2D eigenvalue weighted by Crippen LogP contribution is -2.53. The second-order valence-corrected chi connectivity index (χ2v) is 6.06. The molecule has 3 nitrogen and oxygen atoms in total. The summed E-state index contributed by atoms with van der Waals surface area (Å²) in [5.74, 6) is 0. The number of rotatable bonds is 4. The van der Waals surface area contributed by atoms with E-state index in [0.717, 1.165) is 32.6 Å². The van der Waals surface area contributed by atoms with Crippen molar-refractivity contribution < 1.29 is 4.74 Å². The number of hydrogen-bond donors (Lipinski definition) is 1. The van der Waals surface area contributed by atoms with E-state index < -0.39 is 0 Å². The first-order chi connectivity index (χ1) is 8.11. The molecule has 1 aliphatic rings. The van der Waals surface area contributed by atoms with Crippen LogP contribution in [0.5, 0.6) is 0 Å². The molecular weight excluding hydrogens is 232 g/mol. The molecular formula is C13H22N2OS. The van der Waals surface area contributed by atoms with Crippen molar-refractivity contribution in [1.29, 1.82) is 0 Å². The van der Waals surface area contributed by atoms with Gasteiger partial charge in [0.25, 0.3) is 0 Å². The van der Waals surface area contributed by atoms with E-state index in [1.54, 1.807) is 0 Å². The maximum Gasteiger partial charge on any atom is 0.0484 e. The average molecular weight is 254 g/mol. The number of hydrogen-bond acceptors (Lipinski definition) is 4. The van der Waals surface area contributed by atoms with Crippen molar-refractivity contribution in [3.8, 4) is 0 Å². The fourth-order valence-electron chi connectivity index (χ4n) is 2.32. The Morgan fingerprint density at radius 1 is 1.53 bits per heavy atom. The summed E-state index contributed by atoms with van der Waals surface area (Å²) in [6.07, 6.45) is 1.93. The molecule has 0 amide bonds. The van der Waals surface area contributed by atoms with Crippen molar-refractivity contribution in [2.24, 2.45) is 5.73 Å². The van der Waals surface area contributed by atoms with Crippen LogP contribution in [0.3, 0.4) is 0 Å². The van der Waals surface area contributed by atoms with Gasteiger partial charge in [0.05, 0.1) is 0 Å². The monoisotopic (exact) mass is 254 g/mol. The van der Waals surface area contributed by atoms with Crippen molar-refractivity contribution in [3.63, 3.8) is 0 Å². The Balaban J connectivity index is 1.93. The maximum absolute atomic E-state index is 6.43. The summed E-state index contributed by atoms with van der Waals surface area (Å²) in [6.45, 7) is 4.79. The van der Waals surface area contributed by atoms with Gasteiger partial charge in [-0.25, -0.2) is 0 Å². The minimum atomic E-state index is -0.0709. The molecule has 1 aromatic rings. The number of likely N-dealkylation sites (N-methyl/N-ethyl adjacent to an activating group) is 1. The second-order valence-electron chi connectivity index (χ2n) is 5.08. The summed E-state index contributed by atoms with van der Waals surface area (Å²) >= 11 is 1.81. The van der Waals surface area contributed by atoms with Crippen LogP contribution in [0, 0.1) is 0 Å². The third kappa shape index (κ3) is 3.28. The normalized spacial score (nSPS) is 21.6. The molecule has 1 aliphatic heterocycles. The van der Waals surface area contributed by atoms with Gasteiger partial charge in [-0.15, -0.1) is 11.3 Å². The molecule has 96 valence electrons. The zero-order chi connectivity index (χ0) is 12.3. The fraction of sp³-hybridized carbons (Fsp3) is 0.692. The highest BCUT2D eigenvalue weighted by Gasteiger charge is 2.30. The van der Waals surface area contributed by atoms with E-state index in [0.29, 0.717) is 6.04 Å². The summed E-state index contributed by atoms with van der Waals surface area (Å²) in [5, 5.41) is 2.13. The highest BCUT2D eigenvalue weighted by molar-refractivity contribution is 7.10. The Bertz CT molecular complexity index is 333. The molecule has 4 heteroatoms. The third-order valence-electron chi connectivity index (χ3n) is 3.67. The smallest absolute Gasteiger partial charge is 0.0484 e. The van der Waals surface area contributed by atoms with Crippen molar-refractivity contribution in [2.45, 2.75) is 31.3 Å². The lowest BCUT2D eigenvalue weighted by atomic mass is 9.90. The second kappa shape index (κ2) is 5.48. The first-order valence-corrected chi connectivity index (χ1v) is 7.09. The Kier molecular flexibility index (Phi) is 4.20. The summed E-state index contributed by atoms with van der Waals surface area (Å²) in [4.78, 5) is 3.76. The molecule has 17 heavy (non-hydrogen) atoms. The molecule has 1 fully saturated rings. The predicted octanol–water partition coefficient (Wildman–Crippen LogP) is 2.25. The van der Waals surface area contributed by atoms with Gasteiger partial charge in [-0.1, -0.05) is 6.07 Å². The van der Waals surface area contributed by atoms with E-state index >= 15 is 0 Å². The van der Waals surface area contributed by atoms with E-state index in [2.05, 4.69) is 36.4 Å². The van der Waals surface area contributed by atoms with Crippen LogP contribution in [-0.2, 0) is 4.74 Å². The quantitative estimate of drug-likeness (QED) is 0.895. The SMILES string of the molecule is CC(c1cccs1)N(C)CC1(N)CCOCC1. The van der Waals surface area contributed by atoms with Crippen LogP contribution in [0.4, 0.5) is 0 Å². The molecule has 2 N–H and O–H groups in total. The fourth-order valence-corrected chi connectivity index (χ4v) is 3.16. The van der Waals surface area contributed by atoms with Crippen LogP contribution in [-0.4, -0.2) is 37.2 Å². The average Bonchev–Trinajstić information content (AvgIpc) is 2.81. The third-order valence-corrected chi connectivity index (χ3v) is 4.71. The van der Waals surface area contributed by atoms with Gasteiger partial charge in [0.1, 0.15) is 0 Å². The van der Waals surface area contributed by atoms with Gasteiger partial charge in [0.2, 0.25) is 0 Å².